The van der Waals surface area contributed by atoms with E-state index in [0.717, 1.165) is 0 Å². The van der Waals surface area contributed by atoms with E-state index >= 15 is 0 Å². The SMILES string of the molecule is O=P(O)(O)O.[Se]=[Se]. The molecule has 7 heavy (non-hydrogen) atoms. The molecule has 4 nitrogen and oxygen atoms in total. The fraction of sp³-hybridized carbons (Fsp3) is 0. The van der Waals surface area contributed by atoms with Crippen molar-refractivity contribution < 1.29 is 19.2 Å². The van der Waals surface area contributed by atoms with Crippen LogP contribution in [0.4, 0.5) is 0 Å². The predicted molar refractivity (Wildman–Crippen MR) is 25.8 cm³/mol. The van der Waals surface area contributed by atoms with Crippen molar-refractivity contribution in [1.82, 2.24) is 0 Å². The van der Waals surface area contributed by atoms with Gasteiger partial charge in [-0.2, -0.15) is 0 Å². The van der Waals surface area contributed by atoms with Crippen LogP contribution in [0.5, 0.6) is 0 Å². The first-order chi connectivity index (χ1) is 3.00. The third-order valence-corrected chi connectivity index (χ3v) is 0. The second-order valence-corrected chi connectivity index (χ2v) is 1.54. The van der Waals surface area contributed by atoms with Crippen LogP contribution in [-0.4, -0.2) is 42.0 Å². The normalized spacial score (nSPS) is 9.00. The van der Waals surface area contributed by atoms with Crippen molar-refractivity contribution in [1.29, 1.82) is 0 Å². The average molecular weight is 256 g/mol. The van der Waals surface area contributed by atoms with Crippen LogP contribution in [0.2, 0.25) is 0 Å². The minimum atomic E-state index is -4.64. The van der Waals surface area contributed by atoms with Crippen molar-refractivity contribution in [2.24, 2.45) is 0 Å². The Kier molecular flexibility index (Phi) is 8.32. The summed E-state index contributed by atoms with van der Waals surface area (Å²) in [4.78, 5) is 21.6. The Morgan fingerprint density at radius 1 is 1.14 bits per heavy atom. The summed E-state index contributed by atoms with van der Waals surface area (Å²) in [7, 11) is -4.64. The van der Waals surface area contributed by atoms with Gasteiger partial charge < -0.3 is 14.7 Å². The van der Waals surface area contributed by atoms with Gasteiger partial charge in [0, 0.05) is 0 Å². The quantitative estimate of drug-likeness (QED) is 0.357. The van der Waals surface area contributed by atoms with Crippen LogP contribution >= 0.6 is 7.82 Å². The Morgan fingerprint density at radius 3 is 1.14 bits per heavy atom. The molecule has 3 N–H and O–H groups in total. The molecule has 0 bridgehead atoms. The van der Waals surface area contributed by atoms with E-state index in [-0.39, 0.29) is 0 Å². The fourth-order valence-electron chi connectivity index (χ4n) is 0. The van der Waals surface area contributed by atoms with E-state index in [4.69, 9.17) is 19.2 Å². The molecule has 0 aromatic carbocycles. The average Bonchev–Trinajstić information content (AvgIpc) is 1.36. The molecule has 0 unspecified atom stereocenters. The van der Waals surface area contributed by atoms with Crippen molar-refractivity contribution in [2.75, 3.05) is 0 Å². The van der Waals surface area contributed by atoms with E-state index in [1.54, 1.807) is 0 Å². The van der Waals surface area contributed by atoms with Crippen LogP contribution in [0.1, 0.15) is 0 Å². The molecule has 0 rings (SSSR count). The Bertz CT molecular complexity index is 65.5. The first-order valence-electron chi connectivity index (χ1n) is 0.949. The van der Waals surface area contributed by atoms with E-state index in [1.807, 2.05) is 0 Å². The maximum absolute atomic E-state index is 8.88. The van der Waals surface area contributed by atoms with Crippen LogP contribution < -0.4 is 0 Å². The molecular weight excluding hydrogens is 253 g/mol. The third-order valence-electron chi connectivity index (χ3n) is 0. The van der Waals surface area contributed by atoms with Crippen molar-refractivity contribution >= 4 is 35.1 Å². The molecule has 0 atom stereocenters. The molecule has 0 aliphatic rings. The van der Waals surface area contributed by atoms with E-state index in [0.29, 0.717) is 0 Å². The monoisotopic (exact) mass is 258 g/mol. The van der Waals surface area contributed by atoms with Gasteiger partial charge >= 0.3 is 35.1 Å². The molecule has 0 aromatic heterocycles. The standard InChI is InChI=1S/H3O4P.Se2/c1-5(2,3)4;1-2/h(H3,1,2,3,4);. The molecule has 0 aliphatic heterocycles. The predicted octanol–water partition coefficient (Wildman–Crippen LogP) is -1.69. The third kappa shape index (κ3) is 144. The van der Waals surface area contributed by atoms with Gasteiger partial charge in [0.05, 0.1) is 0 Å². The summed E-state index contributed by atoms with van der Waals surface area (Å²) >= 11 is 5.00. The van der Waals surface area contributed by atoms with Crippen LogP contribution in [0, 0.1) is 0 Å². The Labute approximate surface area is 54.7 Å². The summed E-state index contributed by atoms with van der Waals surface area (Å²) in [5.41, 5.74) is 0. The number of rotatable bonds is 0. The summed E-state index contributed by atoms with van der Waals surface area (Å²) < 4.78 is 8.88. The molecule has 0 spiro atoms. The molecule has 44 valence electrons. The van der Waals surface area contributed by atoms with Gasteiger partial charge in [0.15, 0.2) is 0 Å². The zero-order valence-electron chi connectivity index (χ0n) is 3.01. The van der Waals surface area contributed by atoms with Gasteiger partial charge in [0.2, 0.25) is 0 Å². The topological polar surface area (TPSA) is 77.8 Å². The fourth-order valence-corrected chi connectivity index (χ4v) is 0. The first-order valence-corrected chi connectivity index (χ1v) is 6.85. The molecule has 0 saturated heterocycles. The minimum absolute atomic E-state index is 2.50. The van der Waals surface area contributed by atoms with E-state index in [1.165, 1.54) is 0 Å². The first kappa shape index (κ1) is 11.0. The second kappa shape index (κ2) is 5.29. The van der Waals surface area contributed by atoms with Crippen LogP contribution in [0.15, 0.2) is 0 Å². The van der Waals surface area contributed by atoms with Gasteiger partial charge in [-0.25, -0.2) is 4.57 Å². The number of hydrogen-bond acceptors (Lipinski definition) is 1. The number of phosphoric acid groups is 1. The molecule has 0 heterocycles. The molecule has 7 heteroatoms. The van der Waals surface area contributed by atoms with E-state index in [2.05, 4.69) is 27.3 Å². The second-order valence-electron chi connectivity index (χ2n) is 0.513. The summed E-state index contributed by atoms with van der Waals surface area (Å²) in [6.07, 6.45) is 0. The zero-order valence-corrected chi connectivity index (χ0v) is 7.33. The van der Waals surface area contributed by atoms with Crippen molar-refractivity contribution in [3.05, 3.63) is 0 Å². The molecule has 0 saturated carbocycles. The van der Waals surface area contributed by atoms with Gasteiger partial charge in [-0.05, 0) is 0 Å². The van der Waals surface area contributed by atoms with Gasteiger partial charge in [-0.3, -0.25) is 0 Å². The molecular formula is H3O4PSe2. The van der Waals surface area contributed by atoms with Gasteiger partial charge in [-0.1, -0.05) is 0 Å². The molecule has 0 aromatic rings. The summed E-state index contributed by atoms with van der Waals surface area (Å²) in [5.74, 6) is 0. The summed E-state index contributed by atoms with van der Waals surface area (Å²) in [6.45, 7) is 0. The van der Waals surface area contributed by atoms with Crippen LogP contribution in [0.3, 0.4) is 0 Å². The Balaban J connectivity index is 0. The summed E-state index contributed by atoms with van der Waals surface area (Å²) in [6, 6.07) is 0. The molecule has 0 aliphatic carbocycles. The van der Waals surface area contributed by atoms with Crippen molar-refractivity contribution in [3.8, 4) is 0 Å². The number of hydrogen-bond donors (Lipinski definition) is 3. The van der Waals surface area contributed by atoms with E-state index < -0.39 is 7.82 Å². The van der Waals surface area contributed by atoms with Crippen LogP contribution in [-0.2, 0) is 4.57 Å². The van der Waals surface area contributed by atoms with Crippen molar-refractivity contribution in [2.45, 2.75) is 0 Å². The van der Waals surface area contributed by atoms with Crippen molar-refractivity contribution in [3.63, 3.8) is 0 Å². The van der Waals surface area contributed by atoms with E-state index in [9.17, 15) is 0 Å². The van der Waals surface area contributed by atoms with Gasteiger partial charge in [-0.15, -0.1) is 0 Å². The maximum atomic E-state index is 8.88. The van der Waals surface area contributed by atoms with Gasteiger partial charge in [0.25, 0.3) is 0 Å². The molecule has 0 amide bonds. The molecule has 0 radical (unpaired) electrons. The molecule has 0 fully saturated rings. The van der Waals surface area contributed by atoms with Gasteiger partial charge in [0.1, 0.15) is 0 Å². The summed E-state index contributed by atoms with van der Waals surface area (Å²) in [5, 5.41) is 0. The van der Waals surface area contributed by atoms with Crippen LogP contribution in [0.25, 0.3) is 0 Å². The Morgan fingerprint density at radius 2 is 1.14 bits per heavy atom. The Hall–Kier alpha value is 1.15. The zero-order chi connectivity index (χ0) is 6.50.